The van der Waals surface area contributed by atoms with Crippen molar-refractivity contribution >= 4 is 5.97 Å². The average Bonchev–Trinajstić information content (AvgIpc) is 2.63. The lowest BCUT2D eigenvalue weighted by atomic mass is 9.97. The van der Waals surface area contributed by atoms with E-state index in [-0.39, 0.29) is 0 Å². The molecule has 2 heterocycles. The van der Waals surface area contributed by atoms with Crippen LogP contribution in [0.2, 0.25) is 0 Å². The van der Waals surface area contributed by atoms with Crippen LogP contribution >= 0.6 is 0 Å². The highest BCUT2D eigenvalue weighted by molar-refractivity contribution is 5.65. The molecule has 0 spiro atoms. The summed E-state index contributed by atoms with van der Waals surface area (Å²) in [7, 11) is 0. The predicted molar refractivity (Wildman–Crippen MR) is 79.3 cm³/mol. The molecule has 0 bridgehead atoms. The highest BCUT2D eigenvalue weighted by Crippen LogP contribution is 2.28. The van der Waals surface area contributed by atoms with Crippen LogP contribution in [0.15, 0.2) is 0 Å². The smallest absolute Gasteiger partial charge is 0.339 e. The highest BCUT2D eigenvalue weighted by Gasteiger charge is 2.50. The van der Waals surface area contributed by atoms with Crippen molar-refractivity contribution in [2.75, 3.05) is 13.2 Å². The molecule has 2 rings (SSSR count). The van der Waals surface area contributed by atoms with Crippen LogP contribution in [0.4, 0.5) is 0 Å². The summed E-state index contributed by atoms with van der Waals surface area (Å²) in [5.41, 5.74) is 0. The standard InChI is InChI=1S/C14H24O13/c1-4(16)27-23-3-6-7(17)8(18)11(21)14(25-6)26-12-5(2-15)24-13(22)10(20)9(12)19/h5-15,17-22H,2-3H2,1H3/t5-,6-,7+,8+,9-,10-,11-,12-,13+,14+/m1/s1. The predicted octanol–water partition coefficient (Wildman–Crippen LogP) is -4.89. The molecule has 13 nitrogen and oxygen atoms in total. The van der Waals surface area contributed by atoms with Gasteiger partial charge >= 0.3 is 5.97 Å². The van der Waals surface area contributed by atoms with E-state index < -0.39 is 80.6 Å². The van der Waals surface area contributed by atoms with Gasteiger partial charge in [-0.25, -0.2) is 4.79 Å². The molecule has 0 radical (unpaired) electrons. The van der Waals surface area contributed by atoms with Crippen LogP contribution in [0.5, 0.6) is 0 Å². The molecule has 0 amide bonds. The van der Waals surface area contributed by atoms with E-state index in [1.165, 1.54) is 0 Å². The van der Waals surface area contributed by atoms with Crippen molar-refractivity contribution in [1.82, 2.24) is 0 Å². The molecule has 0 aromatic carbocycles. The summed E-state index contributed by atoms with van der Waals surface area (Å²) < 4.78 is 15.5. The normalized spacial score (nSPS) is 45.5. The largest absolute Gasteiger partial charge is 0.394 e. The minimum absolute atomic E-state index is 0.515. The van der Waals surface area contributed by atoms with Crippen LogP contribution in [-0.2, 0) is 28.8 Å². The van der Waals surface area contributed by atoms with Crippen LogP contribution < -0.4 is 0 Å². The van der Waals surface area contributed by atoms with Crippen LogP contribution in [0.25, 0.3) is 0 Å². The van der Waals surface area contributed by atoms with Crippen molar-refractivity contribution in [3.8, 4) is 0 Å². The molecular weight excluding hydrogens is 376 g/mol. The van der Waals surface area contributed by atoms with Gasteiger partial charge in [0.05, 0.1) is 6.61 Å². The van der Waals surface area contributed by atoms with E-state index in [2.05, 4.69) is 9.78 Å². The maximum Gasteiger partial charge on any atom is 0.339 e. The second kappa shape index (κ2) is 9.49. The molecule has 2 fully saturated rings. The van der Waals surface area contributed by atoms with E-state index in [1.807, 2.05) is 0 Å². The zero-order chi connectivity index (χ0) is 20.3. The van der Waals surface area contributed by atoms with Crippen LogP contribution in [0.1, 0.15) is 6.92 Å². The third-order valence-corrected chi connectivity index (χ3v) is 4.21. The molecule has 2 aliphatic heterocycles. The molecule has 27 heavy (non-hydrogen) atoms. The number of aliphatic hydroxyl groups is 7. The number of ether oxygens (including phenoxy) is 3. The maximum absolute atomic E-state index is 10.7. The van der Waals surface area contributed by atoms with Gasteiger partial charge in [0.15, 0.2) is 12.6 Å². The molecule has 0 aromatic heterocycles. The van der Waals surface area contributed by atoms with Gasteiger partial charge in [-0.15, -0.1) is 0 Å². The molecule has 10 atom stereocenters. The monoisotopic (exact) mass is 400 g/mol. The summed E-state index contributed by atoms with van der Waals surface area (Å²) >= 11 is 0. The van der Waals surface area contributed by atoms with Gasteiger partial charge in [0.2, 0.25) is 0 Å². The SMILES string of the molecule is CC(=O)OOC[C@H]1O[C@@H](O[C@H]2[C@H](O)[C@@H](O)[C@@H](O)O[C@@H]2CO)[C@H](O)[C@@H](O)[C@H]1O. The fraction of sp³-hybridized carbons (Fsp3) is 0.929. The Morgan fingerprint density at radius 2 is 1.56 bits per heavy atom. The second-order valence-electron chi connectivity index (χ2n) is 6.20. The van der Waals surface area contributed by atoms with Gasteiger partial charge in [-0.05, 0) is 0 Å². The zero-order valence-electron chi connectivity index (χ0n) is 14.3. The second-order valence-corrected chi connectivity index (χ2v) is 6.20. The Morgan fingerprint density at radius 1 is 0.889 bits per heavy atom. The summed E-state index contributed by atoms with van der Waals surface area (Å²) in [6.45, 7) is -0.154. The number of carbonyl (C=O) groups excluding carboxylic acids is 1. The molecular formula is C14H24O13. The van der Waals surface area contributed by atoms with Crippen LogP contribution in [0, 0.1) is 0 Å². The van der Waals surface area contributed by atoms with Gasteiger partial charge < -0.3 is 50.0 Å². The lowest BCUT2D eigenvalue weighted by Crippen LogP contribution is -2.64. The molecule has 2 aliphatic rings. The highest BCUT2D eigenvalue weighted by atomic mass is 17.2. The van der Waals surface area contributed by atoms with Crippen molar-refractivity contribution < 1.29 is 64.5 Å². The van der Waals surface area contributed by atoms with E-state index in [0.717, 1.165) is 6.92 Å². The Labute approximate surface area is 153 Å². The fourth-order valence-corrected chi connectivity index (χ4v) is 2.74. The number of carbonyl (C=O) groups is 1. The van der Waals surface area contributed by atoms with E-state index >= 15 is 0 Å². The van der Waals surface area contributed by atoms with Crippen LogP contribution in [0.3, 0.4) is 0 Å². The Bertz CT molecular complexity index is 488. The molecule has 0 aromatic rings. The van der Waals surface area contributed by atoms with Crippen molar-refractivity contribution in [2.45, 2.75) is 68.3 Å². The lowest BCUT2D eigenvalue weighted by Gasteiger charge is -2.45. The summed E-state index contributed by atoms with van der Waals surface area (Å²) in [6, 6.07) is 0. The van der Waals surface area contributed by atoms with Gasteiger partial charge in [-0.1, -0.05) is 0 Å². The maximum atomic E-state index is 10.7. The summed E-state index contributed by atoms with van der Waals surface area (Å²) in [4.78, 5) is 19.5. The number of hydrogen-bond acceptors (Lipinski definition) is 13. The number of rotatable bonds is 6. The molecule has 0 aliphatic carbocycles. The first-order valence-electron chi connectivity index (χ1n) is 8.13. The molecule has 0 unspecified atom stereocenters. The van der Waals surface area contributed by atoms with Crippen molar-refractivity contribution in [2.24, 2.45) is 0 Å². The molecule has 7 N–H and O–H groups in total. The van der Waals surface area contributed by atoms with Gasteiger partial charge in [-0.3, -0.25) is 4.89 Å². The first kappa shape index (κ1) is 22.3. The number of aliphatic hydroxyl groups excluding tert-OH is 7. The number of hydrogen-bond donors (Lipinski definition) is 7. The van der Waals surface area contributed by atoms with E-state index in [4.69, 9.17) is 14.2 Å². The average molecular weight is 400 g/mol. The topological polar surface area (TPSA) is 205 Å². The molecule has 158 valence electrons. The van der Waals surface area contributed by atoms with Gasteiger partial charge in [0, 0.05) is 6.92 Å². The molecule has 2 saturated heterocycles. The summed E-state index contributed by atoms with van der Waals surface area (Å²) in [6.07, 6.45) is -16.1. The Hall–Kier alpha value is -0.970. The van der Waals surface area contributed by atoms with Crippen molar-refractivity contribution in [3.05, 3.63) is 0 Å². The molecule has 0 saturated carbocycles. The zero-order valence-corrected chi connectivity index (χ0v) is 14.3. The fourth-order valence-electron chi connectivity index (χ4n) is 2.74. The molecule has 13 heteroatoms. The minimum atomic E-state index is -1.78. The Kier molecular flexibility index (Phi) is 7.84. The summed E-state index contributed by atoms with van der Waals surface area (Å²) in [5, 5.41) is 68.5. The first-order valence-corrected chi connectivity index (χ1v) is 8.13. The minimum Gasteiger partial charge on any atom is -0.394 e. The first-order chi connectivity index (χ1) is 12.7. The third kappa shape index (κ3) is 5.10. The van der Waals surface area contributed by atoms with Crippen LogP contribution in [-0.4, -0.2) is 116 Å². The van der Waals surface area contributed by atoms with Gasteiger partial charge in [0.25, 0.3) is 0 Å². The van der Waals surface area contributed by atoms with Crippen molar-refractivity contribution in [1.29, 1.82) is 0 Å². The summed E-state index contributed by atoms with van der Waals surface area (Å²) in [5.74, 6) is -0.769. The van der Waals surface area contributed by atoms with E-state index in [1.54, 1.807) is 0 Å². The third-order valence-electron chi connectivity index (χ3n) is 4.21. The lowest BCUT2D eigenvalue weighted by molar-refractivity contribution is -0.366. The van der Waals surface area contributed by atoms with Gasteiger partial charge in [-0.2, -0.15) is 4.89 Å². The van der Waals surface area contributed by atoms with E-state index in [0.29, 0.717) is 0 Å². The van der Waals surface area contributed by atoms with E-state index in [9.17, 15) is 40.5 Å². The quantitative estimate of drug-likeness (QED) is 0.165. The van der Waals surface area contributed by atoms with Gasteiger partial charge in [0.1, 0.15) is 55.4 Å². The Morgan fingerprint density at radius 3 is 2.15 bits per heavy atom. The van der Waals surface area contributed by atoms with Crippen molar-refractivity contribution in [3.63, 3.8) is 0 Å². The Balaban J connectivity index is 2.07.